The van der Waals surface area contributed by atoms with E-state index >= 15 is 0 Å². The number of benzene rings is 1. The van der Waals surface area contributed by atoms with Gasteiger partial charge >= 0.3 is 0 Å². The summed E-state index contributed by atoms with van der Waals surface area (Å²) in [6, 6.07) is 9.22. The Labute approximate surface area is 134 Å². The SMILES string of the molecule is O=C(CC1CCCC1)NCc1cc(-c2ccc(Cl)cc2)on1. The first-order chi connectivity index (χ1) is 10.7. The first-order valence-electron chi connectivity index (χ1n) is 7.69. The summed E-state index contributed by atoms with van der Waals surface area (Å²) in [5, 5.41) is 7.60. The lowest BCUT2D eigenvalue weighted by Gasteiger charge is -2.08. The maximum absolute atomic E-state index is 11.9. The Hall–Kier alpha value is -1.81. The van der Waals surface area contributed by atoms with Gasteiger partial charge in [-0.15, -0.1) is 0 Å². The molecule has 0 spiro atoms. The molecule has 2 aromatic rings. The molecule has 116 valence electrons. The van der Waals surface area contributed by atoms with Crippen LogP contribution in [0.15, 0.2) is 34.9 Å². The zero-order valence-electron chi connectivity index (χ0n) is 12.3. The smallest absolute Gasteiger partial charge is 0.220 e. The van der Waals surface area contributed by atoms with Crippen molar-refractivity contribution in [1.29, 1.82) is 0 Å². The van der Waals surface area contributed by atoms with Crippen LogP contribution in [0.3, 0.4) is 0 Å². The highest BCUT2D eigenvalue weighted by molar-refractivity contribution is 6.30. The summed E-state index contributed by atoms with van der Waals surface area (Å²) in [5.41, 5.74) is 1.64. The fourth-order valence-electron chi connectivity index (χ4n) is 2.88. The summed E-state index contributed by atoms with van der Waals surface area (Å²) in [7, 11) is 0. The molecule has 3 rings (SSSR count). The van der Waals surface area contributed by atoms with Crippen LogP contribution in [0.1, 0.15) is 37.8 Å². The topological polar surface area (TPSA) is 55.1 Å². The van der Waals surface area contributed by atoms with Crippen LogP contribution < -0.4 is 5.32 Å². The van der Waals surface area contributed by atoms with Crippen LogP contribution in [0.4, 0.5) is 0 Å². The van der Waals surface area contributed by atoms with E-state index in [4.69, 9.17) is 16.1 Å². The molecule has 0 unspecified atom stereocenters. The van der Waals surface area contributed by atoms with Crippen LogP contribution in [0.5, 0.6) is 0 Å². The molecular weight excluding hydrogens is 300 g/mol. The molecule has 0 atom stereocenters. The highest BCUT2D eigenvalue weighted by atomic mass is 35.5. The minimum absolute atomic E-state index is 0.0999. The Bertz CT molecular complexity index is 630. The Morgan fingerprint density at radius 3 is 2.73 bits per heavy atom. The Morgan fingerprint density at radius 2 is 2.00 bits per heavy atom. The number of nitrogens with zero attached hydrogens (tertiary/aromatic N) is 1. The van der Waals surface area contributed by atoms with Gasteiger partial charge in [0, 0.05) is 23.1 Å². The van der Waals surface area contributed by atoms with Crippen molar-refractivity contribution in [3.8, 4) is 11.3 Å². The molecular formula is C17H19ClN2O2. The van der Waals surface area contributed by atoms with Crippen LogP contribution in [0.2, 0.25) is 5.02 Å². The monoisotopic (exact) mass is 318 g/mol. The summed E-state index contributed by atoms with van der Waals surface area (Å²) < 4.78 is 5.31. The lowest BCUT2D eigenvalue weighted by molar-refractivity contribution is -0.122. The predicted molar refractivity (Wildman–Crippen MR) is 85.4 cm³/mol. The van der Waals surface area contributed by atoms with Gasteiger partial charge < -0.3 is 9.84 Å². The number of halogens is 1. The largest absolute Gasteiger partial charge is 0.356 e. The molecule has 5 heteroatoms. The maximum atomic E-state index is 11.9. The second-order valence-electron chi connectivity index (χ2n) is 5.82. The molecule has 22 heavy (non-hydrogen) atoms. The van der Waals surface area contributed by atoms with Gasteiger partial charge in [-0.05, 0) is 43.0 Å². The number of hydrogen-bond acceptors (Lipinski definition) is 3. The third-order valence-corrected chi connectivity index (χ3v) is 4.36. The van der Waals surface area contributed by atoms with Crippen molar-refractivity contribution in [3.05, 3.63) is 41.0 Å². The summed E-state index contributed by atoms with van der Waals surface area (Å²) in [5.74, 6) is 1.33. The molecule has 0 saturated heterocycles. The molecule has 4 nitrogen and oxygen atoms in total. The third kappa shape index (κ3) is 3.89. The molecule has 1 aromatic heterocycles. The molecule has 1 aliphatic carbocycles. The van der Waals surface area contributed by atoms with E-state index in [1.54, 1.807) is 0 Å². The van der Waals surface area contributed by atoms with E-state index in [0.29, 0.717) is 29.7 Å². The van der Waals surface area contributed by atoms with Crippen molar-refractivity contribution in [2.45, 2.75) is 38.6 Å². The van der Waals surface area contributed by atoms with E-state index in [1.807, 2.05) is 30.3 Å². The zero-order valence-corrected chi connectivity index (χ0v) is 13.1. The average Bonchev–Trinajstić information content (AvgIpc) is 3.17. The second kappa shape index (κ2) is 6.97. The van der Waals surface area contributed by atoms with Crippen molar-refractivity contribution >= 4 is 17.5 Å². The molecule has 1 amide bonds. The van der Waals surface area contributed by atoms with Crippen LogP contribution in [0, 0.1) is 5.92 Å². The van der Waals surface area contributed by atoms with Gasteiger partial charge in [0.15, 0.2) is 5.76 Å². The fraction of sp³-hybridized carbons (Fsp3) is 0.412. The normalized spacial score (nSPS) is 15.1. The third-order valence-electron chi connectivity index (χ3n) is 4.10. The second-order valence-corrected chi connectivity index (χ2v) is 6.26. The van der Waals surface area contributed by atoms with Crippen molar-refractivity contribution in [3.63, 3.8) is 0 Å². The van der Waals surface area contributed by atoms with Crippen LogP contribution in [-0.2, 0) is 11.3 Å². The number of carbonyl (C=O) groups excluding carboxylic acids is 1. The first-order valence-corrected chi connectivity index (χ1v) is 8.07. The van der Waals surface area contributed by atoms with Gasteiger partial charge in [0.05, 0.1) is 6.54 Å². The minimum atomic E-state index is 0.0999. The molecule has 1 heterocycles. The number of rotatable bonds is 5. The van der Waals surface area contributed by atoms with Crippen molar-refractivity contribution < 1.29 is 9.32 Å². The van der Waals surface area contributed by atoms with Crippen LogP contribution in [-0.4, -0.2) is 11.1 Å². The minimum Gasteiger partial charge on any atom is -0.356 e. The van der Waals surface area contributed by atoms with Crippen LogP contribution in [0.25, 0.3) is 11.3 Å². The zero-order chi connectivity index (χ0) is 15.4. The van der Waals surface area contributed by atoms with Crippen LogP contribution >= 0.6 is 11.6 Å². The van der Waals surface area contributed by atoms with Gasteiger partial charge in [0.25, 0.3) is 0 Å². The van der Waals surface area contributed by atoms with Gasteiger partial charge in [-0.25, -0.2) is 0 Å². The maximum Gasteiger partial charge on any atom is 0.220 e. The van der Waals surface area contributed by atoms with Gasteiger partial charge in [-0.2, -0.15) is 0 Å². The molecule has 1 fully saturated rings. The summed E-state index contributed by atoms with van der Waals surface area (Å²) in [6.45, 7) is 0.405. The van der Waals surface area contributed by atoms with E-state index in [9.17, 15) is 4.79 Å². The first kappa shape index (κ1) is 15.1. The highest BCUT2D eigenvalue weighted by Crippen LogP contribution is 2.27. The van der Waals surface area contributed by atoms with E-state index in [1.165, 1.54) is 25.7 Å². The van der Waals surface area contributed by atoms with Crippen molar-refractivity contribution in [2.24, 2.45) is 5.92 Å². The Balaban J connectivity index is 1.53. The lowest BCUT2D eigenvalue weighted by atomic mass is 10.0. The van der Waals surface area contributed by atoms with Gasteiger partial charge in [0.2, 0.25) is 5.91 Å². The number of carbonyl (C=O) groups is 1. The van der Waals surface area contributed by atoms with Gasteiger partial charge in [0.1, 0.15) is 5.69 Å². The molecule has 1 aromatic carbocycles. The molecule has 1 saturated carbocycles. The number of aromatic nitrogens is 1. The number of nitrogens with one attached hydrogen (secondary N) is 1. The molecule has 0 aliphatic heterocycles. The Kier molecular flexibility index (Phi) is 4.78. The highest BCUT2D eigenvalue weighted by Gasteiger charge is 2.18. The Morgan fingerprint density at radius 1 is 1.27 bits per heavy atom. The fourth-order valence-corrected chi connectivity index (χ4v) is 3.01. The molecule has 1 N–H and O–H groups in total. The van der Waals surface area contributed by atoms with Gasteiger partial charge in [-0.1, -0.05) is 29.6 Å². The molecule has 0 bridgehead atoms. The summed E-state index contributed by atoms with van der Waals surface area (Å²) in [6.07, 6.45) is 5.50. The lowest BCUT2D eigenvalue weighted by Crippen LogP contribution is -2.24. The van der Waals surface area contributed by atoms with E-state index in [2.05, 4.69) is 10.5 Å². The van der Waals surface area contributed by atoms with Gasteiger partial charge in [-0.3, -0.25) is 4.79 Å². The predicted octanol–water partition coefficient (Wildman–Crippen LogP) is 4.19. The number of amides is 1. The molecule has 1 aliphatic rings. The summed E-state index contributed by atoms with van der Waals surface area (Å²) in [4.78, 5) is 11.9. The molecule has 0 radical (unpaired) electrons. The van der Waals surface area contributed by atoms with Crippen molar-refractivity contribution in [1.82, 2.24) is 10.5 Å². The van der Waals surface area contributed by atoms with E-state index < -0.39 is 0 Å². The number of hydrogen-bond donors (Lipinski definition) is 1. The quantitative estimate of drug-likeness (QED) is 0.899. The summed E-state index contributed by atoms with van der Waals surface area (Å²) >= 11 is 5.86. The van der Waals surface area contributed by atoms with E-state index in [0.717, 1.165) is 11.3 Å². The van der Waals surface area contributed by atoms with Crippen molar-refractivity contribution in [2.75, 3.05) is 0 Å². The average molecular weight is 319 g/mol. The standard InChI is InChI=1S/C17H19ClN2O2/c18-14-7-5-13(6-8-14)16-10-15(20-22-16)11-19-17(21)9-12-3-1-2-4-12/h5-8,10,12H,1-4,9,11H2,(H,19,21). The van der Waals surface area contributed by atoms with E-state index in [-0.39, 0.29) is 5.91 Å².